The molecule has 0 amide bonds. The Labute approximate surface area is 126 Å². The van der Waals surface area contributed by atoms with Crippen LogP contribution in [-0.4, -0.2) is 18.1 Å². The molecule has 118 valence electrons. The third-order valence-electron chi connectivity index (χ3n) is 3.71. The fourth-order valence-electron chi connectivity index (χ4n) is 1.68. The Kier molecular flexibility index (Phi) is 6.00. The number of nitrogens with zero attached hydrogens (tertiary/aromatic N) is 1. The number of hydrogen-bond acceptors (Lipinski definition) is 4. The highest BCUT2D eigenvalue weighted by atomic mass is 16.6. The highest BCUT2D eigenvalue weighted by molar-refractivity contribution is 5.58. The maximum absolute atomic E-state index is 11.0. The zero-order chi connectivity index (χ0) is 16.0. The van der Waals surface area contributed by atoms with E-state index in [1.54, 1.807) is 12.1 Å². The largest absolute Gasteiger partial charge is 0.487 e. The Morgan fingerprint density at radius 1 is 1.38 bits per heavy atom. The molecule has 1 aromatic rings. The molecule has 0 fully saturated rings. The van der Waals surface area contributed by atoms with Crippen molar-refractivity contribution in [3.8, 4) is 5.75 Å². The van der Waals surface area contributed by atoms with Crippen LogP contribution in [0.4, 0.5) is 11.4 Å². The third kappa shape index (κ3) is 5.25. The molecule has 0 heterocycles. The second-order valence-electron chi connectivity index (χ2n) is 6.44. The SMILES string of the molecule is CCCOc1cc(NCC(C)C(C)(C)C)ccc1[N+](=O)[O-]. The number of ether oxygens (including phenoxy) is 1. The molecule has 1 atom stereocenters. The first-order valence-electron chi connectivity index (χ1n) is 7.40. The Morgan fingerprint density at radius 2 is 2.05 bits per heavy atom. The summed E-state index contributed by atoms with van der Waals surface area (Å²) >= 11 is 0. The molecule has 0 aliphatic heterocycles. The topological polar surface area (TPSA) is 64.4 Å². The van der Waals surface area contributed by atoms with E-state index in [1.807, 2.05) is 6.92 Å². The third-order valence-corrected chi connectivity index (χ3v) is 3.71. The molecule has 1 aromatic carbocycles. The molecule has 0 saturated heterocycles. The summed E-state index contributed by atoms with van der Waals surface area (Å²) in [6.07, 6.45) is 0.815. The second-order valence-corrected chi connectivity index (χ2v) is 6.44. The first kappa shape index (κ1) is 17.3. The molecule has 0 aromatic heterocycles. The van der Waals surface area contributed by atoms with Gasteiger partial charge < -0.3 is 10.1 Å². The van der Waals surface area contributed by atoms with E-state index in [0.29, 0.717) is 18.3 Å². The fourth-order valence-corrected chi connectivity index (χ4v) is 1.68. The summed E-state index contributed by atoms with van der Waals surface area (Å²) < 4.78 is 5.48. The molecule has 1 rings (SSSR count). The summed E-state index contributed by atoms with van der Waals surface area (Å²) in [5, 5.41) is 14.3. The van der Waals surface area contributed by atoms with Gasteiger partial charge in [-0.15, -0.1) is 0 Å². The molecule has 21 heavy (non-hydrogen) atoms. The average Bonchev–Trinajstić information content (AvgIpc) is 2.41. The number of anilines is 1. The first-order valence-corrected chi connectivity index (χ1v) is 7.40. The van der Waals surface area contributed by atoms with Crippen LogP contribution in [0.5, 0.6) is 5.75 Å². The lowest BCUT2D eigenvalue weighted by Crippen LogP contribution is -2.24. The van der Waals surface area contributed by atoms with Gasteiger partial charge in [-0.2, -0.15) is 0 Å². The van der Waals surface area contributed by atoms with Gasteiger partial charge in [-0.05, 0) is 23.8 Å². The summed E-state index contributed by atoms with van der Waals surface area (Å²) in [5.41, 5.74) is 1.08. The Hall–Kier alpha value is -1.78. The molecule has 5 heteroatoms. The minimum absolute atomic E-state index is 0.0119. The average molecular weight is 294 g/mol. The van der Waals surface area contributed by atoms with E-state index in [4.69, 9.17) is 4.74 Å². The zero-order valence-corrected chi connectivity index (χ0v) is 13.6. The van der Waals surface area contributed by atoms with Crippen LogP contribution in [0.15, 0.2) is 18.2 Å². The van der Waals surface area contributed by atoms with Gasteiger partial charge >= 0.3 is 5.69 Å². The van der Waals surface area contributed by atoms with Gasteiger partial charge in [0.15, 0.2) is 5.75 Å². The lowest BCUT2D eigenvalue weighted by atomic mass is 9.82. The lowest BCUT2D eigenvalue weighted by molar-refractivity contribution is -0.385. The van der Waals surface area contributed by atoms with Gasteiger partial charge in [0.2, 0.25) is 0 Å². The van der Waals surface area contributed by atoms with E-state index in [1.165, 1.54) is 6.07 Å². The van der Waals surface area contributed by atoms with Gasteiger partial charge in [-0.1, -0.05) is 34.6 Å². The van der Waals surface area contributed by atoms with Crippen molar-refractivity contribution in [2.45, 2.75) is 41.0 Å². The van der Waals surface area contributed by atoms with Gasteiger partial charge in [0.1, 0.15) is 0 Å². The predicted molar refractivity (Wildman–Crippen MR) is 86.0 cm³/mol. The van der Waals surface area contributed by atoms with Crippen molar-refractivity contribution in [1.82, 2.24) is 0 Å². The van der Waals surface area contributed by atoms with Gasteiger partial charge in [0.25, 0.3) is 0 Å². The van der Waals surface area contributed by atoms with E-state index < -0.39 is 4.92 Å². The zero-order valence-electron chi connectivity index (χ0n) is 13.6. The van der Waals surface area contributed by atoms with Crippen LogP contribution in [0.25, 0.3) is 0 Å². The highest BCUT2D eigenvalue weighted by Gasteiger charge is 2.20. The van der Waals surface area contributed by atoms with E-state index >= 15 is 0 Å². The standard InChI is InChI=1S/C16H26N2O3/c1-6-9-21-15-10-13(7-8-14(15)18(19)20)17-11-12(2)16(3,4)5/h7-8,10,12,17H,6,9,11H2,1-5H3. The quantitative estimate of drug-likeness (QED) is 0.595. The Balaban J connectivity index is 2.82. The minimum Gasteiger partial charge on any atom is -0.487 e. The first-order chi connectivity index (χ1) is 9.75. The van der Waals surface area contributed by atoms with E-state index in [0.717, 1.165) is 18.7 Å². The monoisotopic (exact) mass is 294 g/mol. The molecule has 5 nitrogen and oxygen atoms in total. The summed E-state index contributed by atoms with van der Waals surface area (Å²) in [6.45, 7) is 12.0. The normalized spacial score (nSPS) is 12.8. The van der Waals surface area contributed by atoms with Crippen LogP contribution < -0.4 is 10.1 Å². The van der Waals surface area contributed by atoms with Gasteiger partial charge in [-0.25, -0.2) is 0 Å². The number of hydrogen-bond donors (Lipinski definition) is 1. The van der Waals surface area contributed by atoms with Crippen LogP contribution in [0.2, 0.25) is 0 Å². The van der Waals surface area contributed by atoms with E-state index in [9.17, 15) is 10.1 Å². The lowest BCUT2D eigenvalue weighted by Gasteiger charge is -2.27. The smallest absolute Gasteiger partial charge is 0.311 e. The number of nitro benzene ring substituents is 1. The maximum atomic E-state index is 11.0. The van der Waals surface area contributed by atoms with Crippen LogP contribution in [0.3, 0.4) is 0 Å². The summed E-state index contributed by atoms with van der Waals surface area (Å²) in [7, 11) is 0. The number of benzene rings is 1. The number of nitrogens with one attached hydrogen (secondary N) is 1. The highest BCUT2D eigenvalue weighted by Crippen LogP contribution is 2.31. The molecule has 1 N–H and O–H groups in total. The van der Waals surface area contributed by atoms with Gasteiger partial charge in [0.05, 0.1) is 11.5 Å². The summed E-state index contributed by atoms with van der Waals surface area (Å²) in [6, 6.07) is 4.94. The van der Waals surface area contributed by atoms with Crippen LogP contribution in [0, 0.1) is 21.4 Å². The minimum atomic E-state index is -0.410. The number of nitro groups is 1. The van der Waals surface area contributed by atoms with Crippen LogP contribution in [0.1, 0.15) is 41.0 Å². The Morgan fingerprint density at radius 3 is 2.57 bits per heavy atom. The fraction of sp³-hybridized carbons (Fsp3) is 0.625. The molecular formula is C16H26N2O3. The molecule has 0 saturated carbocycles. The van der Waals surface area contributed by atoms with Gasteiger partial charge in [0, 0.05) is 24.4 Å². The van der Waals surface area contributed by atoms with Gasteiger partial charge in [-0.3, -0.25) is 10.1 Å². The molecular weight excluding hydrogens is 268 g/mol. The number of rotatable bonds is 7. The van der Waals surface area contributed by atoms with Crippen molar-refractivity contribution in [2.75, 3.05) is 18.5 Å². The van der Waals surface area contributed by atoms with Crippen molar-refractivity contribution in [1.29, 1.82) is 0 Å². The van der Waals surface area contributed by atoms with Crippen molar-refractivity contribution in [3.63, 3.8) is 0 Å². The molecule has 0 aliphatic rings. The van der Waals surface area contributed by atoms with Crippen molar-refractivity contribution in [2.24, 2.45) is 11.3 Å². The Bertz CT molecular complexity index is 481. The maximum Gasteiger partial charge on any atom is 0.311 e. The second kappa shape index (κ2) is 7.29. The predicted octanol–water partition coefficient (Wildman–Crippen LogP) is 4.48. The van der Waals surface area contributed by atoms with Crippen molar-refractivity contribution in [3.05, 3.63) is 28.3 Å². The molecule has 0 spiro atoms. The van der Waals surface area contributed by atoms with Crippen LogP contribution in [-0.2, 0) is 0 Å². The van der Waals surface area contributed by atoms with Crippen molar-refractivity contribution >= 4 is 11.4 Å². The molecule has 0 aliphatic carbocycles. The molecule has 0 bridgehead atoms. The van der Waals surface area contributed by atoms with Crippen molar-refractivity contribution < 1.29 is 9.66 Å². The molecule has 1 unspecified atom stereocenters. The van der Waals surface area contributed by atoms with Crippen LogP contribution >= 0.6 is 0 Å². The summed E-state index contributed by atoms with van der Waals surface area (Å²) in [4.78, 5) is 10.6. The summed E-state index contributed by atoms with van der Waals surface area (Å²) in [5.74, 6) is 0.808. The van der Waals surface area contributed by atoms with E-state index in [-0.39, 0.29) is 11.1 Å². The molecule has 0 radical (unpaired) electrons. The van der Waals surface area contributed by atoms with E-state index in [2.05, 4.69) is 33.0 Å².